The largest absolute Gasteiger partial charge is 0.481 e. The molecule has 4 aliphatic carbocycles. The minimum absolute atomic E-state index is 0.0676. The summed E-state index contributed by atoms with van der Waals surface area (Å²) in [5.41, 5.74) is -5.17. The van der Waals surface area contributed by atoms with E-state index in [1.54, 1.807) is 33.8 Å². The minimum atomic E-state index is -1.98. The maximum absolute atomic E-state index is 16.9. The molecule has 232 valence electrons. The van der Waals surface area contributed by atoms with Gasteiger partial charge in [-0.25, -0.2) is 4.39 Å². The molecule has 0 amide bonds. The van der Waals surface area contributed by atoms with Crippen molar-refractivity contribution in [2.24, 2.45) is 28.6 Å². The van der Waals surface area contributed by atoms with Crippen LogP contribution in [0.1, 0.15) is 86.5 Å². The molecule has 3 fully saturated rings. The molecule has 0 aromatic rings. The van der Waals surface area contributed by atoms with Crippen molar-refractivity contribution < 1.29 is 48.7 Å². The smallest absolute Gasteiger partial charge is 0.303 e. The maximum atomic E-state index is 16.9. The molecule has 4 N–H and O–H groups in total. The molecule has 8 atom stereocenters. The van der Waals surface area contributed by atoms with Crippen LogP contribution in [0.25, 0.3) is 0 Å². The van der Waals surface area contributed by atoms with E-state index in [1.807, 2.05) is 6.92 Å². The Hall–Kier alpha value is -2.43. The van der Waals surface area contributed by atoms with Crippen molar-refractivity contribution in [1.29, 1.82) is 0 Å². The quantitative estimate of drug-likeness (QED) is 0.342. The number of ketones is 2. The molecular weight excluding hydrogens is 535 g/mol. The summed E-state index contributed by atoms with van der Waals surface area (Å²) in [6.45, 7) is 10.1. The number of carboxylic acid groups (broad SMARTS) is 1. The van der Waals surface area contributed by atoms with Gasteiger partial charge in [0, 0.05) is 30.1 Å². The number of Topliss-reactive ketones (excluding diaryl/α,β-unsaturated/α-hetero) is 1. The number of esters is 1. The van der Waals surface area contributed by atoms with Crippen molar-refractivity contribution in [3.8, 4) is 0 Å². The van der Waals surface area contributed by atoms with Crippen LogP contribution >= 0.6 is 0 Å². The van der Waals surface area contributed by atoms with E-state index in [2.05, 4.69) is 4.74 Å². The molecule has 9 nitrogen and oxygen atoms in total. The molecule has 3 saturated carbocycles. The molecule has 4 rings (SSSR count). The average molecular weight is 583 g/mol. The fourth-order valence-electron chi connectivity index (χ4n) is 7.79. The van der Waals surface area contributed by atoms with E-state index in [0.717, 1.165) is 12.8 Å². The van der Waals surface area contributed by atoms with Crippen molar-refractivity contribution in [3.05, 3.63) is 23.8 Å². The molecule has 0 heterocycles. The van der Waals surface area contributed by atoms with Crippen LogP contribution in [0.5, 0.6) is 0 Å². The number of halogens is 1. The van der Waals surface area contributed by atoms with Crippen LogP contribution in [0.4, 0.5) is 4.39 Å². The lowest BCUT2D eigenvalue weighted by Crippen LogP contribution is -2.69. The first-order chi connectivity index (χ1) is 19.0. The van der Waals surface area contributed by atoms with Crippen LogP contribution in [0, 0.1) is 28.6 Å². The second kappa shape index (κ2) is 13.3. The maximum Gasteiger partial charge on any atom is 0.303 e. The molecule has 0 unspecified atom stereocenters. The Labute approximate surface area is 241 Å². The van der Waals surface area contributed by atoms with Gasteiger partial charge in [0.2, 0.25) is 0 Å². The molecule has 41 heavy (non-hydrogen) atoms. The van der Waals surface area contributed by atoms with Crippen molar-refractivity contribution in [3.63, 3.8) is 0 Å². The molecule has 4 aliphatic rings. The Bertz CT molecular complexity index is 1070. The Morgan fingerprint density at radius 1 is 1.17 bits per heavy atom. The topological polar surface area (TPSA) is 158 Å². The summed E-state index contributed by atoms with van der Waals surface area (Å²) in [6, 6.07) is 0. The number of alkyl halides is 1. The van der Waals surface area contributed by atoms with Gasteiger partial charge in [0.15, 0.2) is 17.2 Å². The number of allylic oxidation sites excluding steroid dienone is 4. The van der Waals surface area contributed by atoms with Crippen LogP contribution in [-0.2, 0) is 23.9 Å². The number of carbonyl (C=O) groups excluding carboxylic acids is 3. The number of unbranched alkanes of at least 4 members (excludes halogenated alkanes) is 1. The summed E-state index contributed by atoms with van der Waals surface area (Å²) in [5.74, 6) is -3.02. The summed E-state index contributed by atoms with van der Waals surface area (Å²) in [7, 11) is 0. The number of carbonyl (C=O) groups is 4. The van der Waals surface area contributed by atoms with E-state index < -0.39 is 58.4 Å². The van der Waals surface area contributed by atoms with Gasteiger partial charge in [-0.15, -0.1) is 0 Å². The standard InChI is InChI=1S/C22H29FO5.C5H10O2.C4H8O2/c1-12-8-16-15-5-4-13-9-14(25)6-7-19(13,2)21(15,23)17(26)10-20(16,3)22(12,28)18(27)11-24;1-2-3-4-5(6)7;1-3-6-4(2)5/h6-7,9,12,15-17,24,26,28H,4-5,8,10-11H2,1-3H3;2-4H2,1H3,(H,6,7);3H2,1-2H3/t12-,15-,16-,17-,19-,20-,21-,22-;;/m0../s1. The average Bonchev–Trinajstić information content (AvgIpc) is 3.10. The van der Waals surface area contributed by atoms with Gasteiger partial charge in [-0.05, 0) is 69.9 Å². The first kappa shape index (κ1) is 34.8. The summed E-state index contributed by atoms with van der Waals surface area (Å²) >= 11 is 0. The number of rotatable bonds is 6. The van der Waals surface area contributed by atoms with E-state index in [1.165, 1.54) is 19.1 Å². The lowest BCUT2D eigenvalue weighted by atomic mass is 9.44. The van der Waals surface area contributed by atoms with Gasteiger partial charge < -0.3 is 25.2 Å². The van der Waals surface area contributed by atoms with Crippen molar-refractivity contribution in [2.75, 3.05) is 13.2 Å². The highest BCUT2D eigenvalue weighted by Crippen LogP contribution is 2.70. The zero-order valence-corrected chi connectivity index (χ0v) is 25.1. The predicted octanol–water partition coefficient (Wildman–Crippen LogP) is 3.73. The number of ether oxygens (including phenoxy) is 1. The third-order valence-corrected chi connectivity index (χ3v) is 9.88. The van der Waals surface area contributed by atoms with Crippen LogP contribution < -0.4 is 0 Å². The molecule has 0 saturated heterocycles. The molecule has 10 heteroatoms. The Morgan fingerprint density at radius 3 is 2.27 bits per heavy atom. The number of aliphatic hydroxyl groups is 3. The lowest BCUT2D eigenvalue weighted by Gasteiger charge is -2.62. The number of fused-ring (bicyclic) bond motifs is 5. The molecule has 0 radical (unpaired) electrons. The van der Waals surface area contributed by atoms with Crippen molar-refractivity contribution >= 4 is 23.5 Å². The van der Waals surface area contributed by atoms with Gasteiger partial charge in [-0.2, -0.15) is 0 Å². The van der Waals surface area contributed by atoms with E-state index in [9.17, 15) is 34.5 Å². The third-order valence-electron chi connectivity index (χ3n) is 9.88. The number of carboxylic acids is 1. The summed E-state index contributed by atoms with van der Waals surface area (Å²) < 4.78 is 21.3. The summed E-state index contributed by atoms with van der Waals surface area (Å²) in [4.78, 5) is 44.0. The first-order valence-electron chi connectivity index (χ1n) is 14.5. The molecule has 0 aromatic carbocycles. The number of aliphatic carboxylic acids is 1. The van der Waals surface area contributed by atoms with Gasteiger partial charge in [-0.1, -0.05) is 38.8 Å². The third kappa shape index (κ3) is 6.06. The van der Waals surface area contributed by atoms with Gasteiger partial charge in [0.25, 0.3) is 0 Å². The van der Waals surface area contributed by atoms with E-state index in [0.29, 0.717) is 37.9 Å². The lowest BCUT2D eigenvalue weighted by molar-refractivity contribution is -0.219. The normalized spacial score (nSPS) is 38.5. The van der Waals surface area contributed by atoms with Gasteiger partial charge in [0.05, 0.1) is 12.7 Å². The molecular formula is C31H47FO9. The minimum Gasteiger partial charge on any atom is -0.481 e. The SMILES string of the molecule is CCCCC(=O)O.CCOC(C)=O.C[C@H]1C[C@H]2[C@@H]3CCC4=CC(=O)C=C[C@]4(C)[C@@]3(F)[C@@H](O)C[C@]2(C)[C@@]1(O)C(=O)CO. The summed E-state index contributed by atoms with van der Waals surface area (Å²) in [5, 5.41) is 40.0. The Morgan fingerprint density at radius 2 is 1.80 bits per heavy atom. The van der Waals surface area contributed by atoms with Crippen LogP contribution in [0.2, 0.25) is 0 Å². The highest BCUT2D eigenvalue weighted by atomic mass is 19.1. The molecule has 0 spiro atoms. The number of aliphatic hydroxyl groups excluding tert-OH is 2. The fourth-order valence-corrected chi connectivity index (χ4v) is 7.79. The van der Waals surface area contributed by atoms with Gasteiger partial charge in [-0.3, -0.25) is 19.2 Å². The fraction of sp³-hybridized carbons (Fsp3) is 0.742. The van der Waals surface area contributed by atoms with E-state index >= 15 is 4.39 Å². The van der Waals surface area contributed by atoms with Crippen LogP contribution in [0.15, 0.2) is 23.8 Å². The predicted molar refractivity (Wildman–Crippen MR) is 149 cm³/mol. The molecule has 0 bridgehead atoms. The molecule has 0 aromatic heterocycles. The van der Waals surface area contributed by atoms with Crippen molar-refractivity contribution in [2.45, 2.75) is 104 Å². The molecule has 0 aliphatic heterocycles. The van der Waals surface area contributed by atoms with E-state index in [4.69, 9.17) is 5.11 Å². The highest BCUT2D eigenvalue weighted by molar-refractivity contribution is 6.01. The van der Waals surface area contributed by atoms with Crippen LogP contribution in [-0.4, -0.2) is 74.5 Å². The number of hydrogen-bond acceptors (Lipinski definition) is 8. The second-order valence-electron chi connectivity index (χ2n) is 12.2. The second-order valence-corrected chi connectivity index (χ2v) is 12.2. The zero-order valence-electron chi connectivity index (χ0n) is 25.1. The zero-order chi connectivity index (χ0) is 31.4. The number of hydrogen-bond donors (Lipinski definition) is 4. The van der Waals surface area contributed by atoms with Crippen molar-refractivity contribution in [1.82, 2.24) is 0 Å². The Balaban J connectivity index is 0.000000379. The summed E-state index contributed by atoms with van der Waals surface area (Å²) in [6.07, 6.45) is 6.52. The first-order valence-corrected chi connectivity index (χ1v) is 14.5. The highest BCUT2D eigenvalue weighted by Gasteiger charge is 2.75. The van der Waals surface area contributed by atoms with E-state index in [-0.39, 0.29) is 24.1 Å². The van der Waals surface area contributed by atoms with Gasteiger partial charge in [0.1, 0.15) is 12.2 Å². The van der Waals surface area contributed by atoms with Crippen LogP contribution in [0.3, 0.4) is 0 Å². The monoisotopic (exact) mass is 582 g/mol. The van der Waals surface area contributed by atoms with Gasteiger partial charge >= 0.3 is 11.9 Å². The Kier molecular flexibility index (Phi) is 11.2.